The second kappa shape index (κ2) is 7.66. The first-order chi connectivity index (χ1) is 13.7. The fourth-order valence-corrected chi connectivity index (χ4v) is 7.99. The molecule has 8 atom stereocenters. The normalized spacial score (nSPS) is 45.7. The summed E-state index contributed by atoms with van der Waals surface area (Å²) in [5.74, 6) is 3.66. The second-order valence-electron chi connectivity index (χ2n) is 11.8. The molecule has 0 aromatic carbocycles. The number of hydrogen-bond acceptors (Lipinski definition) is 2. The van der Waals surface area contributed by atoms with Gasteiger partial charge in [0.15, 0.2) is 5.78 Å². The summed E-state index contributed by atoms with van der Waals surface area (Å²) in [6, 6.07) is 0. The first-order valence-corrected chi connectivity index (χ1v) is 12.3. The van der Waals surface area contributed by atoms with Crippen LogP contribution in [0.3, 0.4) is 0 Å². The molecule has 0 aromatic heterocycles. The van der Waals surface area contributed by atoms with E-state index in [2.05, 4.69) is 46.8 Å². The minimum Gasteiger partial charge on any atom is -0.393 e. The molecule has 0 aromatic rings. The van der Waals surface area contributed by atoms with Crippen LogP contribution in [0.1, 0.15) is 86.0 Å². The van der Waals surface area contributed by atoms with Crippen LogP contribution in [0.5, 0.6) is 0 Å². The van der Waals surface area contributed by atoms with E-state index < -0.39 is 0 Å². The average molecular weight is 399 g/mol. The number of aliphatic hydroxyl groups is 1. The molecule has 0 heterocycles. The molecule has 0 spiro atoms. The highest BCUT2D eigenvalue weighted by Crippen LogP contribution is 2.66. The van der Waals surface area contributed by atoms with E-state index >= 15 is 0 Å². The van der Waals surface area contributed by atoms with Gasteiger partial charge in [-0.05, 0) is 97.9 Å². The van der Waals surface area contributed by atoms with Crippen molar-refractivity contribution in [3.8, 4) is 0 Å². The van der Waals surface area contributed by atoms with Crippen molar-refractivity contribution in [1.29, 1.82) is 0 Å². The maximum Gasteiger partial charge on any atom is 0.159 e. The summed E-state index contributed by atoms with van der Waals surface area (Å²) in [4.78, 5) is 13.4. The number of ketones is 1. The van der Waals surface area contributed by atoms with Gasteiger partial charge in [-0.1, -0.05) is 52.3 Å². The Balaban J connectivity index is 1.58. The Morgan fingerprint density at radius 2 is 1.86 bits per heavy atom. The third-order valence-corrected chi connectivity index (χ3v) is 9.68. The number of hydrogen-bond donors (Lipinski definition) is 1. The van der Waals surface area contributed by atoms with Gasteiger partial charge >= 0.3 is 0 Å². The van der Waals surface area contributed by atoms with Crippen molar-refractivity contribution in [2.24, 2.45) is 46.3 Å². The Morgan fingerprint density at radius 1 is 1.10 bits per heavy atom. The number of carbonyl (C=O) groups is 1. The van der Waals surface area contributed by atoms with Crippen LogP contribution in [-0.4, -0.2) is 17.0 Å². The molecule has 2 heteroatoms. The van der Waals surface area contributed by atoms with Gasteiger partial charge in [-0.15, -0.1) is 0 Å². The van der Waals surface area contributed by atoms with E-state index in [0.29, 0.717) is 41.3 Å². The van der Waals surface area contributed by atoms with Crippen LogP contribution in [0.25, 0.3) is 0 Å². The van der Waals surface area contributed by atoms with Gasteiger partial charge < -0.3 is 5.11 Å². The third-order valence-electron chi connectivity index (χ3n) is 9.68. The van der Waals surface area contributed by atoms with Gasteiger partial charge in [0.1, 0.15) is 0 Å². The summed E-state index contributed by atoms with van der Waals surface area (Å²) in [6.07, 6.45) is 15.4. The molecule has 29 heavy (non-hydrogen) atoms. The van der Waals surface area contributed by atoms with E-state index in [1.54, 1.807) is 0 Å². The molecule has 0 aliphatic heterocycles. The van der Waals surface area contributed by atoms with Crippen molar-refractivity contribution in [2.45, 2.75) is 92.1 Å². The van der Waals surface area contributed by atoms with Gasteiger partial charge in [-0.3, -0.25) is 4.79 Å². The Morgan fingerprint density at radius 3 is 2.59 bits per heavy atom. The topological polar surface area (TPSA) is 37.3 Å². The highest BCUT2D eigenvalue weighted by molar-refractivity contribution is 5.94. The zero-order chi connectivity index (χ0) is 21.0. The molecular formula is C27H42O2. The largest absolute Gasteiger partial charge is 0.393 e. The molecule has 4 aliphatic rings. The van der Waals surface area contributed by atoms with Crippen LogP contribution in [0, 0.1) is 46.3 Å². The summed E-state index contributed by atoms with van der Waals surface area (Å²) in [7, 11) is 0. The standard InChI is InChI=1S/C27H42O2/c1-17(2)7-6-8-18(3)21-9-10-22-25-23(12-14-27(21,22)5)26(4)13-11-20(28)15-19(26)16-24(25)29/h6,8,16-18,20-23,25,28H,7,9-15H2,1-5H3/b8-6+/t18-,20+,21-,22?,23?,25?,26+,27-/m1/s1. The van der Waals surface area contributed by atoms with Crippen LogP contribution in [-0.2, 0) is 4.79 Å². The first kappa shape index (κ1) is 21.3. The van der Waals surface area contributed by atoms with Crippen LogP contribution < -0.4 is 0 Å². The van der Waals surface area contributed by atoms with E-state index in [1.165, 1.54) is 31.3 Å². The number of rotatable bonds is 4. The van der Waals surface area contributed by atoms with Crippen molar-refractivity contribution >= 4 is 5.78 Å². The molecule has 162 valence electrons. The fraction of sp³-hybridized carbons (Fsp3) is 0.815. The Hall–Kier alpha value is -0.890. The molecule has 0 saturated heterocycles. The molecule has 1 N–H and O–H groups in total. The highest BCUT2D eigenvalue weighted by atomic mass is 16.3. The van der Waals surface area contributed by atoms with Crippen molar-refractivity contribution in [2.75, 3.05) is 0 Å². The maximum absolute atomic E-state index is 13.4. The van der Waals surface area contributed by atoms with E-state index in [0.717, 1.165) is 25.2 Å². The summed E-state index contributed by atoms with van der Waals surface area (Å²) >= 11 is 0. The summed E-state index contributed by atoms with van der Waals surface area (Å²) < 4.78 is 0. The summed E-state index contributed by atoms with van der Waals surface area (Å²) in [5, 5.41) is 10.2. The lowest BCUT2D eigenvalue weighted by Gasteiger charge is -2.57. The molecular weight excluding hydrogens is 356 g/mol. The Kier molecular flexibility index (Phi) is 5.64. The van der Waals surface area contributed by atoms with Gasteiger partial charge in [0, 0.05) is 5.92 Å². The van der Waals surface area contributed by atoms with Crippen LogP contribution in [0.4, 0.5) is 0 Å². The minimum atomic E-state index is -0.248. The fourth-order valence-electron chi connectivity index (χ4n) is 7.99. The van der Waals surface area contributed by atoms with Crippen molar-refractivity contribution in [3.05, 3.63) is 23.8 Å². The minimum absolute atomic E-state index is 0.139. The molecule has 0 radical (unpaired) electrons. The Bertz CT molecular complexity index is 703. The van der Waals surface area contributed by atoms with Crippen molar-refractivity contribution in [3.63, 3.8) is 0 Å². The first-order valence-electron chi connectivity index (χ1n) is 12.3. The Labute approximate surface area is 178 Å². The van der Waals surface area contributed by atoms with Crippen LogP contribution in [0.15, 0.2) is 23.8 Å². The SMILES string of the molecule is CC(C)C/C=C/[C@@H](C)[C@H]1CCC2C3C(=O)C=C4C[C@@H](O)CC[C@]4(C)C3CC[C@@]21C. The number of fused-ring (bicyclic) bond motifs is 5. The quantitative estimate of drug-likeness (QED) is 0.561. The lowest BCUT2D eigenvalue weighted by molar-refractivity contribution is -0.134. The van der Waals surface area contributed by atoms with Crippen LogP contribution in [0.2, 0.25) is 0 Å². The average Bonchev–Trinajstić information content (AvgIpc) is 3.00. The van der Waals surface area contributed by atoms with Gasteiger partial charge in [0.2, 0.25) is 0 Å². The monoisotopic (exact) mass is 398 g/mol. The third kappa shape index (κ3) is 3.48. The summed E-state index contributed by atoms with van der Waals surface area (Å²) in [6.45, 7) is 11.9. The molecule has 0 amide bonds. The maximum atomic E-state index is 13.4. The zero-order valence-electron chi connectivity index (χ0n) is 19.3. The van der Waals surface area contributed by atoms with Gasteiger partial charge in [0.25, 0.3) is 0 Å². The molecule has 3 fully saturated rings. The predicted molar refractivity (Wildman–Crippen MR) is 119 cm³/mol. The van der Waals surface area contributed by atoms with E-state index in [-0.39, 0.29) is 17.4 Å². The molecule has 3 saturated carbocycles. The van der Waals surface area contributed by atoms with Gasteiger partial charge in [0.05, 0.1) is 6.10 Å². The van der Waals surface area contributed by atoms with E-state index in [4.69, 9.17) is 0 Å². The predicted octanol–water partition coefficient (Wildman–Crippen LogP) is 6.34. The second-order valence-corrected chi connectivity index (χ2v) is 11.8. The molecule has 0 bridgehead atoms. The molecule has 4 aliphatic carbocycles. The summed E-state index contributed by atoms with van der Waals surface area (Å²) in [5.41, 5.74) is 1.69. The van der Waals surface area contributed by atoms with Gasteiger partial charge in [-0.25, -0.2) is 0 Å². The van der Waals surface area contributed by atoms with E-state index in [9.17, 15) is 9.90 Å². The van der Waals surface area contributed by atoms with E-state index in [1.807, 2.05) is 6.08 Å². The lowest BCUT2D eigenvalue weighted by atomic mass is 9.46. The smallest absolute Gasteiger partial charge is 0.159 e. The van der Waals surface area contributed by atoms with Crippen LogP contribution >= 0.6 is 0 Å². The van der Waals surface area contributed by atoms with Crippen molar-refractivity contribution < 1.29 is 9.90 Å². The number of carbonyl (C=O) groups excluding carboxylic acids is 1. The number of allylic oxidation sites excluding steroid dienone is 3. The lowest BCUT2D eigenvalue weighted by Crippen LogP contribution is -2.53. The van der Waals surface area contributed by atoms with Gasteiger partial charge in [-0.2, -0.15) is 0 Å². The van der Waals surface area contributed by atoms with Crippen molar-refractivity contribution in [1.82, 2.24) is 0 Å². The molecule has 3 unspecified atom stereocenters. The zero-order valence-corrected chi connectivity index (χ0v) is 19.3. The molecule has 2 nitrogen and oxygen atoms in total. The molecule has 4 rings (SSSR count). The highest BCUT2D eigenvalue weighted by Gasteiger charge is 2.61. The number of aliphatic hydroxyl groups excluding tert-OH is 1.